The quantitative estimate of drug-likeness (QED) is 0.640. The minimum absolute atomic E-state index is 0.183. The van der Waals surface area contributed by atoms with Gasteiger partial charge in [-0.1, -0.05) is 19.1 Å². The molecule has 0 N–H and O–H groups in total. The fourth-order valence-electron chi connectivity index (χ4n) is 4.88. The fourth-order valence-corrected chi connectivity index (χ4v) is 4.88. The molecular formula is C24H30FNO2. The van der Waals surface area contributed by atoms with Gasteiger partial charge < -0.3 is 14.4 Å². The van der Waals surface area contributed by atoms with Crippen LogP contribution in [0, 0.1) is 11.7 Å². The number of fused-ring (bicyclic) bond motifs is 3. The lowest BCUT2D eigenvalue weighted by Crippen LogP contribution is -2.21. The van der Waals surface area contributed by atoms with Gasteiger partial charge in [-0.3, -0.25) is 0 Å². The van der Waals surface area contributed by atoms with E-state index in [0.29, 0.717) is 12.5 Å². The summed E-state index contributed by atoms with van der Waals surface area (Å²) in [6.07, 6.45) is 4.12. The van der Waals surface area contributed by atoms with Gasteiger partial charge in [0.1, 0.15) is 17.3 Å². The number of likely N-dealkylation sites (N-methyl/N-ethyl adjacent to an activating group) is 1. The molecule has 1 fully saturated rings. The zero-order valence-electron chi connectivity index (χ0n) is 16.9. The molecule has 2 aromatic rings. The maximum absolute atomic E-state index is 13.0. The number of nitrogens with zero attached hydrogens (tertiary/aromatic N) is 1. The second-order valence-electron chi connectivity index (χ2n) is 7.99. The van der Waals surface area contributed by atoms with E-state index in [2.05, 4.69) is 24.0 Å². The van der Waals surface area contributed by atoms with Crippen LogP contribution < -0.4 is 9.47 Å². The predicted octanol–water partition coefficient (Wildman–Crippen LogP) is 4.83. The average molecular weight is 384 g/mol. The first kappa shape index (κ1) is 19.3. The lowest BCUT2D eigenvalue weighted by atomic mass is 9.76. The molecule has 2 unspecified atom stereocenters. The molecule has 150 valence electrons. The summed E-state index contributed by atoms with van der Waals surface area (Å²) in [5.74, 6) is 3.12. The highest BCUT2D eigenvalue weighted by Gasteiger charge is 2.39. The van der Waals surface area contributed by atoms with Crippen LogP contribution in [-0.2, 0) is 12.8 Å². The maximum Gasteiger partial charge on any atom is 0.123 e. The zero-order valence-corrected chi connectivity index (χ0v) is 16.9. The summed E-state index contributed by atoms with van der Waals surface area (Å²) in [6, 6.07) is 10.9. The van der Waals surface area contributed by atoms with Crippen molar-refractivity contribution in [2.45, 2.75) is 38.5 Å². The first-order valence-corrected chi connectivity index (χ1v) is 10.5. The van der Waals surface area contributed by atoms with Crippen molar-refractivity contribution < 1.29 is 13.9 Å². The number of benzene rings is 2. The lowest BCUT2D eigenvalue weighted by molar-refractivity contribution is 0.298. The molecule has 0 saturated carbocycles. The van der Waals surface area contributed by atoms with E-state index < -0.39 is 0 Å². The van der Waals surface area contributed by atoms with Crippen molar-refractivity contribution in [2.24, 2.45) is 5.92 Å². The van der Waals surface area contributed by atoms with Crippen LogP contribution in [0.1, 0.15) is 42.4 Å². The Labute approximate surface area is 167 Å². The molecular weight excluding hydrogens is 353 g/mol. The first-order valence-electron chi connectivity index (χ1n) is 10.5. The normalized spacial score (nSPS) is 21.2. The van der Waals surface area contributed by atoms with E-state index in [9.17, 15) is 4.39 Å². The number of hydrogen-bond donors (Lipinski definition) is 0. The third-order valence-corrected chi connectivity index (χ3v) is 6.37. The number of likely N-dealkylation sites (tertiary alicyclic amines) is 1. The zero-order chi connectivity index (χ0) is 19.5. The lowest BCUT2D eigenvalue weighted by Gasteiger charge is -2.30. The highest BCUT2D eigenvalue weighted by Crippen LogP contribution is 2.48. The van der Waals surface area contributed by atoms with Crippen LogP contribution >= 0.6 is 0 Å². The van der Waals surface area contributed by atoms with Crippen molar-refractivity contribution in [2.75, 3.05) is 33.4 Å². The molecule has 0 bridgehead atoms. The largest absolute Gasteiger partial charge is 0.496 e. The van der Waals surface area contributed by atoms with Crippen molar-refractivity contribution in [3.63, 3.8) is 0 Å². The van der Waals surface area contributed by atoms with Gasteiger partial charge in [0.05, 0.1) is 13.7 Å². The molecule has 2 aromatic carbocycles. The second-order valence-corrected chi connectivity index (χ2v) is 7.99. The third kappa shape index (κ3) is 3.88. The van der Waals surface area contributed by atoms with Gasteiger partial charge in [0, 0.05) is 30.1 Å². The van der Waals surface area contributed by atoms with Gasteiger partial charge >= 0.3 is 0 Å². The molecule has 2 aliphatic rings. The Bertz CT molecular complexity index is 805. The minimum Gasteiger partial charge on any atom is -0.496 e. The number of rotatable bonds is 7. The maximum atomic E-state index is 13.0. The smallest absolute Gasteiger partial charge is 0.123 e. The summed E-state index contributed by atoms with van der Waals surface area (Å²) in [4.78, 5) is 2.56. The van der Waals surface area contributed by atoms with Gasteiger partial charge in [0.25, 0.3) is 0 Å². The van der Waals surface area contributed by atoms with Crippen molar-refractivity contribution in [1.82, 2.24) is 4.90 Å². The van der Waals surface area contributed by atoms with Crippen LogP contribution in [0.3, 0.4) is 0 Å². The summed E-state index contributed by atoms with van der Waals surface area (Å²) in [6.45, 7) is 6.34. The molecule has 2 atom stereocenters. The van der Waals surface area contributed by atoms with Gasteiger partial charge in [-0.15, -0.1) is 0 Å². The molecule has 28 heavy (non-hydrogen) atoms. The van der Waals surface area contributed by atoms with Crippen LogP contribution in [0.4, 0.5) is 4.39 Å². The van der Waals surface area contributed by atoms with Crippen LogP contribution in [0.2, 0.25) is 0 Å². The number of halogens is 1. The Balaban J connectivity index is 1.47. The van der Waals surface area contributed by atoms with Gasteiger partial charge in [0.2, 0.25) is 0 Å². The summed E-state index contributed by atoms with van der Waals surface area (Å²) in [5.41, 5.74) is 3.88. The summed E-state index contributed by atoms with van der Waals surface area (Å²) in [7, 11) is 1.76. The third-order valence-electron chi connectivity index (χ3n) is 6.37. The number of ether oxygens (including phenoxy) is 2. The minimum atomic E-state index is -0.183. The summed E-state index contributed by atoms with van der Waals surface area (Å²) in [5, 5.41) is 0. The standard InChI is InChI=1S/C24H30FNO2/c1-3-26-15-18-8-11-20-22(27-2)12-13-23(24(20)21(18)16-26)28-14-4-5-17-6-9-19(25)10-7-17/h6-7,9-10,12-13,18,21H,3-5,8,11,14-16H2,1-2H3. The SMILES string of the molecule is CCN1CC2CCc3c(OC)ccc(OCCCc4ccc(F)cc4)c3C2C1. The van der Waals surface area contributed by atoms with Crippen molar-refractivity contribution in [3.8, 4) is 11.5 Å². The van der Waals surface area contributed by atoms with Crippen molar-refractivity contribution in [3.05, 3.63) is 58.9 Å². The van der Waals surface area contributed by atoms with E-state index in [1.807, 2.05) is 12.1 Å². The first-order chi connectivity index (χ1) is 13.7. The average Bonchev–Trinajstić information content (AvgIpc) is 3.16. The van der Waals surface area contributed by atoms with Crippen LogP contribution in [0.15, 0.2) is 36.4 Å². The number of aryl methyl sites for hydroxylation is 1. The Morgan fingerprint density at radius 1 is 1.07 bits per heavy atom. The molecule has 0 spiro atoms. The molecule has 1 heterocycles. The van der Waals surface area contributed by atoms with Gasteiger partial charge in [-0.2, -0.15) is 0 Å². The highest BCUT2D eigenvalue weighted by molar-refractivity contribution is 5.53. The van der Waals surface area contributed by atoms with E-state index in [1.54, 1.807) is 7.11 Å². The van der Waals surface area contributed by atoms with Gasteiger partial charge in [-0.05, 0) is 68.0 Å². The molecule has 4 rings (SSSR count). The fraction of sp³-hybridized carbons (Fsp3) is 0.500. The number of hydrogen-bond acceptors (Lipinski definition) is 3. The Kier molecular flexibility index (Phi) is 5.86. The van der Waals surface area contributed by atoms with Crippen LogP contribution in [-0.4, -0.2) is 38.3 Å². The Hall–Kier alpha value is -2.07. The van der Waals surface area contributed by atoms with Gasteiger partial charge in [-0.25, -0.2) is 4.39 Å². The highest BCUT2D eigenvalue weighted by atomic mass is 19.1. The molecule has 1 aliphatic heterocycles. The van der Waals surface area contributed by atoms with Crippen LogP contribution in [0.5, 0.6) is 11.5 Å². The molecule has 3 nitrogen and oxygen atoms in total. The van der Waals surface area contributed by atoms with Gasteiger partial charge in [0.15, 0.2) is 0 Å². The van der Waals surface area contributed by atoms with E-state index in [4.69, 9.17) is 9.47 Å². The molecule has 0 aromatic heterocycles. The van der Waals surface area contributed by atoms with Crippen LogP contribution in [0.25, 0.3) is 0 Å². The molecule has 1 saturated heterocycles. The summed E-state index contributed by atoms with van der Waals surface area (Å²) < 4.78 is 25.0. The summed E-state index contributed by atoms with van der Waals surface area (Å²) >= 11 is 0. The van der Waals surface area contributed by atoms with E-state index in [1.165, 1.54) is 36.2 Å². The topological polar surface area (TPSA) is 21.7 Å². The van der Waals surface area contributed by atoms with E-state index in [0.717, 1.165) is 55.3 Å². The molecule has 0 amide bonds. The molecule has 0 radical (unpaired) electrons. The van der Waals surface area contributed by atoms with Crippen molar-refractivity contribution in [1.29, 1.82) is 0 Å². The Morgan fingerprint density at radius 2 is 1.86 bits per heavy atom. The Morgan fingerprint density at radius 3 is 2.61 bits per heavy atom. The molecule has 4 heteroatoms. The monoisotopic (exact) mass is 383 g/mol. The van der Waals surface area contributed by atoms with E-state index >= 15 is 0 Å². The van der Waals surface area contributed by atoms with Crippen molar-refractivity contribution >= 4 is 0 Å². The number of methoxy groups -OCH3 is 1. The predicted molar refractivity (Wildman–Crippen MR) is 110 cm³/mol. The second kappa shape index (κ2) is 8.52. The molecule has 1 aliphatic carbocycles. The van der Waals surface area contributed by atoms with E-state index in [-0.39, 0.29) is 5.82 Å².